The van der Waals surface area contributed by atoms with Crippen LogP contribution >= 0.6 is 12.2 Å². The minimum absolute atomic E-state index is 0.258. The molecule has 3 rings (SSSR count). The summed E-state index contributed by atoms with van der Waals surface area (Å²) in [5, 5.41) is 4.72. The number of nitrogens with one attached hydrogen (secondary N) is 1. The SMILES string of the molecule is CCOC(=O)C1=C(C)N(N)C(=S)N[C@@H]1c1ccc(OCc2ccccc2)c(OCC)c1. The van der Waals surface area contributed by atoms with Crippen molar-refractivity contribution in [3.05, 3.63) is 70.9 Å². The predicted molar refractivity (Wildman–Crippen MR) is 122 cm³/mol. The van der Waals surface area contributed by atoms with Crippen LogP contribution in [0.2, 0.25) is 0 Å². The first-order valence-corrected chi connectivity index (χ1v) is 10.5. The molecule has 0 bridgehead atoms. The normalized spacial score (nSPS) is 16.1. The van der Waals surface area contributed by atoms with Crippen LogP contribution in [-0.2, 0) is 16.1 Å². The van der Waals surface area contributed by atoms with Crippen LogP contribution in [0.5, 0.6) is 11.5 Å². The molecule has 31 heavy (non-hydrogen) atoms. The number of esters is 1. The molecule has 0 amide bonds. The number of nitrogens with two attached hydrogens (primary N) is 1. The number of rotatable bonds is 8. The molecular weight excluding hydrogens is 414 g/mol. The molecule has 0 spiro atoms. The Morgan fingerprint density at radius 3 is 2.52 bits per heavy atom. The van der Waals surface area contributed by atoms with E-state index in [1.54, 1.807) is 13.8 Å². The number of benzene rings is 2. The number of carbonyl (C=O) groups is 1. The summed E-state index contributed by atoms with van der Waals surface area (Å²) in [5.41, 5.74) is 2.78. The highest BCUT2D eigenvalue weighted by molar-refractivity contribution is 7.80. The number of thiocarbonyl (C=S) groups is 1. The molecule has 0 saturated heterocycles. The second-order valence-corrected chi connectivity index (χ2v) is 7.27. The third kappa shape index (κ3) is 5.15. The first-order valence-electron chi connectivity index (χ1n) is 10.1. The van der Waals surface area contributed by atoms with Gasteiger partial charge in [-0.25, -0.2) is 10.6 Å². The zero-order valence-corrected chi connectivity index (χ0v) is 18.7. The van der Waals surface area contributed by atoms with Crippen LogP contribution in [0.25, 0.3) is 0 Å². The van der Waals surface area contributed by atoms with Crippen molar-refractivity contribution in [1.82, 2.24) is 10.3 Å². The molecule has 0 saturated carbocycles. The van der Waals surface area contributed by atoms with Crippen LogP contribution in [0.4, 0.5) is 0 Å². The summed E-state index contributed by atoms with van der Waals surface area (Å²) in [5.74, 6) is 6.76. The third-order valence-electron chi connectivity index (χ3n) is 4.86. The molecule has 0 aromatic heterocycles. The summed E-state index contributed by atoms with van der Waals surface area (Å²) < 4.78 is 17.1. The lowest BCUT2D eigenvalue weighted by Gasteiger charge is -2.34. The van der Waals surface area contributed by atoms with Gasteiger partial charge in [0.05, 0.1) is 24.8 Å². The van der Waals surface area contributed by atoms with Crippen LogP contribution in [0.3, 0.4) is 0 Å². The Morgan fingerprint density at radius 2 is 1.84 bits per heavy atom. The number of hydrogen-bond acceptors (Lipinski definition) is 6. The summed E-state index contributed by atoms with van der Waals surface area (Å²) >= 11 is 5.34. The zero-order valence-electron chi connectivity index (χ0n) is 17.9. The van der Waals surface area contributed by atoms with Crippen LogP contribution in [0, 0.1) is 0 Å². The molecule has 3 N–H and O–H groups in total. The van der Waals surface area contributed by atoms with Gasteiger partial charge < -0.3 is 19.5 Å². The maximum atomic E-state index is 12.7. The molecule has 8 heteroatoms. The van der Waals surface area contributed by atoms with Gasteiger partial charge in [-0.05, 0) is 56.2 Å². The van der Waals surface area contributed by atoms with Crippen molar-refractivity contribution >= 4 is 23.3 Å². The molecule has 0 fully saturated rings. The van der Waals surface area contributed by atoms with Gasteiger partial charge in [0.15, 0.2) is 16.6 Å². The number of nitrogens with zero attached hydrogens (tertiary/aromatic N) is 1. The summed E-state index contributed by atoms with van der Waals surface area (Å²) in [6, 6.07) is 14.9. The number of hydrazine groups is 1. The van der Waals surface area contributed by atoms with E-state index in [9.17, 15) is 4.79 Å². The highest BCUT2D eigenvalue weighted by Gasteiger charge is 2.34. The number of hydrogen-bond donors (Lipinski definition) is 2. The third-order valence-corrected chi connectivity index (χ3v) is 5.17. The molecule has 1 aliphatic heterocycles. The van der Waals surface area contributed by atoms with Crippen molar-refractivity contribution in [2.24, 2.45) is 5.84 Å². The highest BCUT2D eigenvalue weighted by Crippen LogP contribution is 2.36. The lowest BCUT2D eigenvalue weighted by atomic mass is 9.95. The summed E-state index contributed by atoms with van der Waals surface area (Å²) in [4.78, 5) is 12.7. The van der Waals surface area contributed by atoms with Crippen LogP contribution in [0.15, 0.2) is 59.8 Å². The monoisotopic (exact) mass is 441 g/mol. The van der Waals surface area contributed by atoms with Gasteiger partial charge >= 0.3 is 5.97 Å². The van der Waals surface area contributed by atoms with Crippen molar-refractivity contribution in [1.29, 1.82) is 0 Å². The average Bonchev–Trinajstić information content (AvgIpc) is 2.77. The second kappa shape index (κ2) is 10.3. The van der Waals surface area contributed by atoms with Gasteiger partial charge in [-0.3, -0.25) is 5.01 Å². The van der Waals surface area contributed by atoms with Crippen molar-refractivity contribution in [2.45, 2.75) is 33.4 Å². The molecule has 7 nitrogen and oxygen atoms in total. The predicted octanol–water partition coefficient (Wildman–Crippen LogP) is 3.61. The molecule has 2 aromatic carbocycles. The molecule has 2 aromatic rings. The Morgan fingerprint density at radius 1 is 1.10 bits per heavy atom. The Bertz CT molecular complexity index is 978. The van der Waals surface area contributed by atoms with Gasteiger partial charge in [0.1, 0.15) is 6.61 Å². The zero-order chi connectivity index (χ0) is 22.4. The number of carbonyl (C=O) groups excluding carboxylic acids is 1. The van der Waals surface area contributed by atoms with Crippen molar-refractivity contribution in [3.8, 4) is 11.5 Å². The molecule has 0 unspecified atom stereocenters. The van der Waals surface area contributed by atoms with E-state index in [2.05, 4.69) is 5.32 Å². The topological polar surface area (TPSA) is 86.1 Å². The second-order valence-electron chi connectivity index (χ2n) is 6.89. The minimum Gasteiger partial charge on any atom is -0.490 e. The van der Waals surface area contributed by atoms with Crippen molar-refractivity contribution < 1.29 is 19.0 Å². The van der Waals surface area contributed by atoms with E-state index in [1.165, 1.54) is 5.01 Å². The van der Waals surface area contributed by atoms with E-state index in [0.717, 1.165) is 11.1 Å². The lowest BCUT2D eigenvalue weighted by molar-refractivity contribution is -0.139. The van der Waals surface area contributed by atoms with Crippen molar-refractivity contribution in [2.75, 3.05) is 13.2 Å². The number of allylic oxidation sites excluding steroid dienone is 1. The van der Waals surface area contributed by atoms with Gasteiger partial charge in [-0.2, -0.15) is 0 Å². The maximum Gasteiger partial charge on any atom is 0.338 e. The number of ether oxygens (including phenoxy) is 3. The Labute approximate surface area is 187 Å². The first kappa shape index (κ1) is 22.6. The molecular formula is C23H27N3O4S. The van der Waals surface area contributed by atoms with Crippen LogP contribution < -0.4 is 20.6 Å². The molecule has 1 aliphatic rings. The van der Waals surface area contributed by atoms with E-state index in [1.807, 2.05) is 55.5 Å². The van der Waals surface area contributed by atoms with Gasteiger partial charge in [0.2, 0.25) is 0 Å². The van der Waals surface area contributed by atoms with E-state index < -0.39 is 12.0 Å². The fraction of sp³-hybridized carbons (Fsp3) is 0.304. The quantitative estimate of drug-likeness (QED) is 0.365. The van der Waals surface area contributed by atoms with E-state index in [0.29, 0.717) is 41.1 Å². The van der Waals surface area contributed by atoms with Gasteiger partial charge in [0, 0.05) is 5.70 Å². The van der Waals surface area contributed by atoms with Gasteiger partial charge in [-0.1, -0.05) is 36.4 Å². The standard InChI is InChI=1S/C23H27N3O4S/c1-4-28-19-13-17(11-12-18(19)30-14-16-9-7-6-8-10-16)21-20(22(27)29-5-2)15(3)26(24)23(31)25-21/h6-13,21H,4-5,14,24H2,1-3H3,(H,25,31)/t21-/m1/s1. The Kier molecular flexibility index (Phi) is 7.49. The largest absolute Gasteiger partial charge is 0.490 e. The maximum absolute atomic E-state index is 12.7. The molecule has 164 valence electrons. The van der Waals surface area contributed by atoms with Crippen molar-refractivity contribution in [3.63, 3.8) is 0 Å². The average molecular weight is 442 g/mol. The summed E-state index contributed by atoms with van der Waals surface area (Å²) in [6.07, 6.45) is 0. The molecule has 1 atom stereocenters. The molecule has 0 radical (unpaired) electrons. The van der Waals surface area contributed by atoms with E-state index in [-0.39, 0.29) is 6.61 Å². The minimum atomic E-state index is -0.520. The Hall–Kier alpha value is -3.10. The van der Waals surface area contributed by atoms with E-state index in [4.69, 9.17) is 32.3 Å². The molecule has 1 heterocycles. The molecule has 0 aliphatic carbocycles. The van der Waals surface area contributed by atoms with Gasteiger partial charge in [0.25, 0.3) is 0 Å². The summed E-state index contributed by atoms with van der Waals surface area (Å²) in [6.45, 7) is 6.55. The fourth-order valence-electron chi connectivity index (χ4n) is 3.31. The lowest BCUT2D eigenvalue weighted by Crippen LogP contribution is -2.50. The fourth-order valence-corrected chi connectivity index (χ4v) is 3.56. The van der Waals surface area contributed by atoms with E-state index >= 15 is 0 Å². The smallest absolute Gasteiger partial charge is 0.338 e. The van der Waals surface area contributed by atoms with Crippen LogP contribution in [-0.4, -0.2) is 29.3 Å². The highest BCUT2D eigenvalue weighted by atomic mass is 32.1. The van der Waals surface area contributed by atoms with Crippen LogP contribution in [0.1, 0.15) is 37.9 Å². The Balaban J connectivity index is 1.94. The summed E-state index contributed by atoms with van der Waals surface area (Å²) in [7, 11) is 0. The van der Waals surface area contributed by atoms with Gasteiger partial charge in [-0.15, -0.1) is 0 Å². The first-order chi connectivity index (χ1) is 15.0.